The van der Waals surface area contributed by atoms with E-state index in [2.05, 4.69) is 40.5 Å². The van der Waals surface area contributed by atoms with E-state index in [0.29, 0.717) is 5.70 Å². The molecule has 1 amide bonds. The van der Waals surface area contributed by atoms with Crippen LogP contribution >= 0.6 is 22.6 Å². The molecule has 0 bridgehead atoms. The second-order valence-electron chi connectivity index (χ2n) is 2.63. The summed E-state index contributed by atoms with van der Waals surface area (Å²) < 4.78 is 10.4. The molecule has 0 heterocycles. The highest BCUT2D eigenvalue weighted by Gasteiger charge is 2.19. The van der Waals surface area contributed by atoms with Crippen molar-refractivity contribution in [2.45, 2.75) is 6.92 Å². The number of carbonyl (C=O) groups excluding carboxylic acids is 1. The Balaban J connectivity index is 4.95. The smallest absolute Gasteiger partial charge is 0.421 e. The van der Waals surface area contributed by atoms with E-state index in [1.54, 1.807) is 6.08 Å². The number of hydrogen-bond acceptors (Lipinski definition) is 3. The van der Waals surface area contributed by atoms with E-state index in [9.17, 15) is 4.79 Å². The zero-order valence-electron chi connectivity index (χ0n) is 9.04. The van der Waals surface area contributed by atoms with Gasteiger partial charge in [0.2, 0.25) is 0 Å². The summed E-state index contributed by atoms with van der Waals surface area (Å²) in [7, 11) is 2.71. The lowest BCUT2D eigenvalue weighted by molar-refractivity contribution is 0.118. The Hall–Kier alpha value is -0.980. The zero-order valence-corrected chi connectivity index (χ0v) is 11.2. The number of rotatable bonds is 4. The molecule has 0 rings (SSSR count). The number of carbonyl (C=O) groups is 1. The topological polar surface area (TPSA) is 38.8 Å². The fourth-order valence-electron chi connectivity index (χ4n) is 0.856. The van der Waals surface area contributed by atoms with Gasteiger partial charge in [-0.1, -0.05) is 6.58 Å². The molecule has 0 N–H and O–H groups in total. The molecule has 84 valence electrons. The maximum atomic E-state index is 11.4. The summed E-state index contributed by atoms with van der Waals surface area (Å²) in [6.45, 7) is 9.20. The summed E-state index contributed by atoms with van der Waals surface area (Å²) in [6.07, 6.45) is 1.14. The van der Waals surface area contributed by atoms with Crippen LogP contribution in [0.4, 0.5) is 4.79 Å². The molecular weight excluding hydrogens is 309 g/mol. The fraction of sp³-hybridized carbons (Fsp3) is 0.300. The molecule has 0 aromatic carbocycles. The summed E-state index contributed by atoms with van der Waals surface area (Å²) in [6, 6.07) is 0. The first kappa shape index (κ1) is 14.0. The monoisotopic (exact) mass is 323 g/mol. The average Bonchev–Trinajstić information content (AvgIpc) is 2.16. The van der Waals surface area contributed by atoms with Gasteiger partial charge in [-0.3, -0.25) is 0 Å². The second kappa shape index (κ2) is 6.49. The number of halogens is 1. The van der Waals surface area contributed by atoms with Gasteiger partial charge in [0.15, 0.2) is 5.88 Å². The molecule has 15 heavy (non-hydrogen) atoms. The van der Waals surface area contributed by atoms with Gasteiger partial charge in [0.1, 0.15) is 0 Å². The van der Waals surface area contributed by atoms with Crippen molar-refractivity contribution >= 4 is 28.7 Å². The van der Waals surface area contributed by atoms with Gasteiger partial charge in [0.05, 0.1) is 14.2 Å². The van der Waals surface area contributed by atoms with Crippen LogP contribution in [0.15, 0.2) is 34.4 Å². The minimum atomic E-state index is -0.583. The largest absolute Gasteiger partial charge is 0.482 e. The molecule has 0 unspecified atom stereocenters. The lowest BCUT2D eigenvalue weighted by atomic mass is 10.4. The number of hydrogen-bond donors (Lipinski definition) is 0. The summed E-state index contributed by atoms with van der Waals surface area (Å²) in [5.74, 6) is 0.167. The number of nitrogens with zero attached hydrogens (tertiary/aromatic N) is 1. The van der Waals surface area contributed by atoms with Crippen LogP contribution in [0.2, 0.25) is 0 Å². The first-order chi connectivity index (χ1) is 6.93. The molecular formula is C10H14INO3. The Morgan fingerprint density at radius 2 is 1.87 bits per heavy atom. The van der Waals surface area contributed by atoms with Crippen molar-refractivity contribution < 1.29 is 14.3 Å². The highest BCUT2D eigenvalue weighted by Crippen LogP contribution is 2.17. The van der Waals surface area contributed by atoms with Crippen molar-refractivity contribution in [3.63, 3.8) is 0 Å². The molecule has 0 aromatic heterocycles. The van der Waals surface area contributed by atoms with Gasteiger partial charge in [0, 0.05) is 5.70 Å². The van der Waals surface area contributed by atoms with Crippen molar-refractivity contribution in [2.24, 2.45) is 0 Å². The standard InChI is InChI=1S/C10H14INO3/c1-7(11)6-8(2)12(9(3)14-4)10(13)15-5/h6H,2-3H2,1,4-5H3/b7-6+. The SMILES string of the molecule is C=C(/C=C(\C)I)N(C(=C)OC)C(=O)OC. The van der Waals surface area contributed by atoms with Crippen molar-refractivity contribution in [1.82, 2.24) is 4.90 Å². The number of methoxy groups -OCH3 is 2. The lowest BCUT2D eigenvalue weighted by Gasteiger charge is -2.21. The van der Waals surface area contributed by atoms with E-state index in [0.717, 1.165) is 8.48 Å². The van der Waals surface area contributed by atoms with Crippen LogP contribution in [0, 0.1) is 0 Å². The molecule has 0 aliphatic heterocycles. The van der Waals surface area contributed by atoms with Crippen molar-refractivity contribution in [2.75, 3.05) is 14.2 Å². The van der Waals surface area contributed by atoms with Crippen LogP contribution in [0.25, 0.3) is 0 Å². The van der Waals surface area contributed by atoms with Crippen LogP contribution in [-0.2, 0) is 9.47 Å². The third-order valence-corrected chi connectivity index (χ3v) is 1.81. The predicted molar refractivity (Wildman–Crippen MR) is 67.3 cm³/mol. The molecule has 0 aliphatic carbocycles. The summed E-state index contributed by atoms with van der Waals surface area (Å²) >= 11 is 2.11. The van der Waals surface area contributed by atoms with Gasteiger partial charge < -0.3 is 9.47 Å². The van der Waals surface area contributed by atoms with Gasteiger partial charge in [-0.25, -0.2) is 9.69 Å². The molecule has 0 atom stereocenters. The van der Waals surface area contributed by atoms with Gasteiger partial charge in [0.25, 0.3) is 0 Å². The van der Waals surface area contributed by atoms with Crippen LogP contribution < -0.4 is 0 Å². The van der Waals surface area contributed by atoms with Crippen molar-refractivity contribution in [1.29, 1.82) is 0 Å². The maximum Gasteiger partial charge on any atom is 0.421 e. The van der Waals surface area contributed by atoms with Gasteiger partial charge in [-0.2, -0.15) is 0 Å². The first-order valence-electron chi connectivity index (χ1n) is 4.07. The molecule has 0 aliphatic rings. The minimum Gasteiger partial charge on any atom is -0.482 e. The van der Waals surface area contributed by atoms with E-state index in [1.807, 2.05) is 6.92 Å². The Morgan fingerprint density at radius 3 is 2.20 bits per heavy atom. The molecule has 0 saturated heterocycles. The number of allylic oxidation sites excluding steroid dienone is 2. The quantitative estimate of drug-likeness (QED) is 0.453. The third-order valence-electron chi connectivity index (χ3n) is 1.49. The summed E-state index contributed by atoms with van der Waals surface area (Å²) in [5, 5.41) is 0. The minimum absolute atomic E-state index is 0.167. The Morgan fingerprint density at radius 1 is 1.33 bits per heavy atom. The van der Waals surface area contributed by atoms with E-state index >= 15 is 0 Å². The Labute approximate surface area is 103 Å². The van der Waals surface area contributed by atoms with Crippen LogP contribution in [0.5, 0.6) is 0 Å². The van der Waals surface area contributed by atoms with Crippen LogP contribution in [-0.4, -0.2) is 25.2 Å². The highest BCUT2D eigenvalue weighted by molar-refractivity contribution is 14.1. The van der Waals surface area contributed by atoms with Crippen molar-refractivity contribution in [3.05, 3.63) is 34.4 Å². The highest BCUT2D eigenvalue weighted by atomic mass is 127. The molecule has 0 radical (unpaired) electrons. The van der Waals surface area contributed by atoms with E-state index < -0.39 is 6.09 Å². The maximum absolute atomic E-state index is 11.4. The van der Waals surface area contributed by atoms with E-state index in [-0.39, 0.29) is 5.88 Å². The number of ether oxygens (including phenoxy) is 2. The lowest BCUT2D eigenvalue weighted by Crippen LogP contribution is -2.28. The summed E-state index contributed by atoms with van der Waals surface area (Å²) in [4.78, 5) is 12.6. The molecule has 4 nitrogen and oxygen atoms in total. The van der Waals surface area contributed by atoms with Gasteiger partial charge >= 0.3 is 6.09 Å². The summed E-state index contributed by atoms with van der Waals surface area (Å²) in [5.41, 5.74) is 0.445. The van der Waals surface area contributed by atoms with Crippen LogP contribution in [0.1, 0.15) is 6.92 Å². The van der Waals surface area contributed by atoms with Crippen molar-refractivity contribution in [3.8, 4) is 0 Å². The molecule has 0 fully saturated rings. The molecule has 5 heteroatoms. The molecule has 0 aromatic rings. The number of amides is 1. The Kier molecular flexibility index (Phi) is 6.07. The molecule has 0 spiro atoms. The van der Waals surface area contributed by atoms with Gasteiger partial charge in [-0.05, 0) is 45.7 Å². The zero-order chi connectivity index (χ0) is 12.0. The third kappa shape index (κ3) is 4.37. The fourth-order valence-corrected chi connectivity index (χ4v) is 1.22. The van der Waals surface area contributed by atoms with E-state index in [4.69, 9.17) is 4.74 Å². The Bertz CT molecular complexity index is 290. The molecule has 0 saturated carbocycles. The van der Waals surface area contributed by atoms with Crippen LogP contribution in [0.3, 0.4) is 0 Å². The first-order valence-corrected chi connectivity index (χ1v) is 5.15. The predicted octanol–water partition coefficient (Wildman–Crippen LogP) is 3.02. The average molecular weight is 323 g/mol. The normalized spacial score (nSPS) is 10.5. The second-order valence-corrected chi connectivity index (χ2v) is 4.33. The van der Waals surface area contributed by atoms with Gasteiger partial charge in [-0.15, -0.1) is 0 Å². The van der Waals surface area contributed by atoms with E-state index in [1.165, 1.54) is 14.2 Å².